The first-order valence-corrected chi connectivity index (χ1v) is 7.22. The predicted molar refractivity (Wildman–Crippen MR) is 74.2 cm³/mol. The van der Waals surface area contributed by atoms with Gasteiger partial charge in [-0.15, -0.1) is 0 Å². The molecule has 18 heavy (non-hydrogen) atoms. The largest absolute Gasteiger partial charge is 0.490 e. The fourth-order valence-electron chi connectivity index (χ4n) is 3.70. The minimum Gasteiger partial charge on any atom is -0.490 e. The zero-order valence-electron chi connectivity index (χ0n) is 10.8. The lowest BCUT2D eigenvalue weighted by Gasteiger charge is -2.53. The van der Waals surface area contributed by atoms with Crippen LogP contribution in [0.25, 0.3) is 0 Å². The Balaban J connectivity index is 1.72. The van der Waals surface area contributed by atoms with E-state index < -0.39 is 0 Å². The summed E-state index contributed by atoms with van der Waals surface area (Å²) in [5, 5.41) is 4.22. The van der Waals surface area contributed by atoms with E-state index >= 15 is 0 Å². The topological polar surface area (TPSA) is 21.3 Å². The predicted octanol–water partition coefficient (Wildman–Crippen LogP) is 3.64. The molecule has 2 fully saturated rings. The molecule has 0 heterocycles. The maximum atomic E-state index is 6.18. The highest BCUT2D eigenvalue weighted by molar-refractivity contribution is 6.30. The van der Waals surface area contributed by atoms with Crippen molar-refractivity contribution in [1.29, 1.82) is 0 Å². The van der Waals surface area contributed by atoms with E-state index in [2.05, 4.69) is 12.4 Å². The third kappa shape index (κ3) is 1.92. The molecule has 0 saturated heterocycles. The van der Waals surface area contributed by atoms with Gasteiger partial charge in [0.15, 0.2) is 0 Å². The quantitative estimate of drug-likeness (QED) is 0.901. The van der Waals surface area contributed by atoms with Crippen molar-refractivity contribution >= 4 is 11.6 Å². The van der Waals surface area contributed by atoms with E-state index in [0.29, 0.717) is 17.6 Å². The van der Waals surface area contributed by atoms with E-state index in [4.69, 9.17) is 16.3 Å². The molecule has 2 saturated carbocycles. The lowest BCUT2D eigenvalue weighted by molar-refractivity contribution is -0.0736. The Morgan fingerprint density at radius 3 is 2.50 bits per heavy atom. The summed E-state index contributed by atoms with van der Waals surface area (Å²) >= 11 is 5.90. The molecular formula is C15H20ClNO. The molecule has 0 aromatic heterocycles. The van der Waals surface area contributed by atoms with Crippen LogP contribution < -0.4 is 10.1 Å². The van der Waals surface area contributed by atoms with Crippen molar-refractivity contribution in [2.24, 2.45) is 5.41 Å². The third-order valence-electron chi connectivity index (χ3n) is 4.76. The molecule has 0 amide bonds. The number of halogens is 1. The lowest BCUT2D eigenvalue weighted by atomic mass is 9.60. The van der Waals surface area contributed by atoms with Crippen LogP contribution in [0.5, 0.6) is 5.75 Å². The minimum absolute atomic E-state index is 0.374. The summed E-state index contributed by atoms with van der Waals surface area (Å²) in [6.07, 6.45) is 6.79. The Morgan fingerprint density at radius 1 is 1.22 bits per heavy atom. The van der Waals surface area contributed by atoms with E-state index in [0.717, 1.165) is 17.2 Å². The van der Waals surface area contributed by atoms with Crippen molar-refractivity contribution in [1.82, 2.24) is 5.32 Å². The maximum absolute atomic E-state index is 6.18. The minimum atomic E-state index is 0.374. The highest BCUT2D eigenvalue weighted by Crippen LogP contribution is 2.54. The second-order valence-corrected chi connectivity index (χ2v) is 6.01. The summed E-state index contributed by atoms with van der Waals surface area (Å²) < 4.78 is 6.18. The summed E-state index contributed by atoms with van der Waals surface area (Å²) in [5.74, 6) is 0.949. The van der Waals surface area contributed by atoms with Crippen molar-refractivity contribution in [2.45, 2.75) is 44.2 Å². The highest BCUT2D eigenvalue weighted by atomic mass is 35.5. The van der Waals surface area contributed by atoms with Gasteiger partial charge in [-0.2, -0.15) is 0 Å². The molecule has 2 atom stereocenters. The summed E-state index contributed by atoms with van der Waals surface area (Å²) in [5.41, 5.74) is 0.383. The summed E-state index contributed by atoms with van der Waals surface area (Å²) in [7, 11) is 2.07. The molecule has 1 aromatic rings. The molecule has 3 heteroatoms. The molecule has 1 aromatic carbocycles. The fraction of sp³-hybridized carbons (Fsp3) is 0.600. The molecule has 0 bridgehead atoms. The standard InChI is InChI=1S/C15H20ClNO/c1-17-13-10-14(15(13)8-2-3-9-15)18-12-6-4-11(16)5-7-12/h4-7,13-14,17H,2-3,8-10H2,1H3. The zero-order valence-corrected chi connectivity index (χ0v) is 11.5. The van der Waals surface area contributed by atoms with Gasteiger partial charge in [0, 0.05) is 22.9 Å². The van der Waals surface area contributed by atoms with Gasteiger partial charge in [-0.1, -0.05) is 24.4 Å². The Kier molecular flexibility index (Phi) is 3.25. The van der Waals surface area contributed by atoms with E-state index in [1.165, 1.54) is 25.7 Å². The molecule has 2 nitrogen and oxygen atoms in total. The Bertz CT molecular complexity index is 411. The van der Waals surface area contributed by atoms with Crippen molar-refractivity contribution in [2.75, 3.05) is 7.05 Å². The van der Waals surface area contributed by atoms with Gasteiger partial charge in [0.25, 0.3) is 0 Å². The van der Waals surface area contributed by atoms with Gasteiger partial charge in [0.2, 0.25) is 0 Å². The molecular weight excluding hydrogens is 246 g/mol. The molecule has 1 N–H and O–H groups in total. The van der Waals surface area contributed by atoms with Gasteiger partial charge < -0.3 is 10.1 Å². The van der Waals surface area contributed by atoms with Crippen LogP contribution in [0.4, 0.5) is 0 Å². The molecule has 2 aliphatic rings. The SMILES string of the molecule is CNC1CC(Oc2ccc(Cl)cc2)C12CCCC2. The third-order valence-corrected chi connectivity index (χ3v) is 5.01. The number of nitrogens with one attached hydrogen (secondary N) is 1. The van der Waals surface area contributed by atoms with Crippen LogP contribution in [0.3, 0.4) is 0 Å². The highest BCUT2D eigenvalue weighted by Gasteiger charge is 2.56. The first-order valence-electron chi connectivity index (χ1n) is 6.84. The van der Waals surface area contributed by atoms with Crippen LogP contribution >= 0.6 is 11.6 Å². The van der Waals surface area contributed by atoms with E-state index in [-0.39, 0.29) is 0 Å². The summed E-state index contributed by atoms with van der Waals surface area (Å²) in [6, 6.07) is 8.37. The number of ether oxygens (including phenoxy) is 1. The van der Waals surface area contributed by atoms with Crippen LogP contribution in [0.2, 0.25) is 5.02 Å². The Labute approximate surface area is 114 Å². The zero-order chi connectivity index (χ0) is 12.6. The molecule has 2 unspecified atom stereocenters. The van der Waals surface area contributed by atoms with Gasteiger partial charge in [-0.25, -0.2) is 0 Å². The van der Waals surface area contributed by atoms with E-state index in [1.807, 2.05) is 24.3 Å². The van der Waals surface area contributed by atoms with Crippen molar-refractivity contribution in [3.05, 3.63) is 29.3 Å². The van der Waals surface area contributed by atoms with Crippen molar-refractivity contribution < 1.29 is 4.74 Å². The van der Waals surface area contributed by atoms with Crippen molar-refractivity contribution in [3.8, 4) is 5.75 Å². The second-order valence-electron chi connectivity index (χ2n) is 5.58. The van der Waals surface area contributed by atoms with Gasteiger partial charge in [-0.05, 0) is 44.2 Å². The van der Waals surface area contributed by atoms with Gasteiger partial charge >= 0.3 is 0 Å². The molecule has 98 valence electrons. The number of benzene rings is 1. The maximum Gasteiger partial charge on any atom is 0.119 e. The normalized spacial score (nSPS) is 29.2. The summed E-state index contributed by atoms with van der Waals surface area (Å²) in [4.78, 5) is 0. The van der Waals surface area contributed by atoms with Crippen LogP contribution in [0.15, 0.2) is 24.3 Å². The van der Waals surface area contributed by atoms with Gasteiger partial charge in [-0.3, -0.25) is 0 Å². The molecule has 0 radical (unpaired) electrons. The second kappa shape index (κ2) is 4.75. The van der Waals surface area contributed by atoms with Gasteiger partial charge in [0.1, 0.15) is 11.9 Å². The fourth-order valence-corrected chi connectivity index (χ4v) is 3.83. The summed E-state index contributed by atoms with van der Waals surface area (Å²) in [6.45, 7) is 0. The smallest absolute Gasteiger partial charge is 0.119 e. The monoisotopic (exact) mass is 265 g/mol. The first-order chi connectivity index (χ1) is 8.74. The van der Waals surface area contributed by atoms with Crippen LogP contribution in [0, 0.1) is 5.41 Å². The molecule has 2 aliphatic carbocycles. The molecule has 0 aliphatic heterocycles. The number of rotatable bonds is 3. The average molecular weight is 266 g/mol. The number of hydrogen-bond donors (Lipinski definition) is 1. The Morgan fingerprint density at radius 2 is 1.89 bits per heavy atom. The van der Waals surface area contributed by atoms with Crippen LogP contribution in [-0.4, -0.2) is 19.2 Å². The van der Waals surface area contributed by atoms with Crippen molar-refractivity contribution in [3.63, 3.8) is 0 Å². The first kappa shape index (κ1) is 12.3. The lowest BCUT2D eigenvalue weighted by Crippen LogP contribution is -2.63. The van der Waals surface area contributed by atoms with E-state index in [1.54, 1.807) is 0 Å². The van der Waals surface area contributed by atoms with Gasteiger partial charge in [0.05, 0.1) is 0 Å². The Hall–Kier alpha value is -0.730. The average Bonchev–Trinajstić information content (AvgIpc) is 2.88. The molecule has 3 rings (SSSR count). The van der Waals surface area contributed by atoms with Crippen LogP contribution in [-0.2, 0) is 0 Å². The number of hydrogen-bond acceptors (Lipinski definition) is 2. The van der Waals surface area contributed by atoms with Crippen LogP contribution in [0.1, 0.15) is 32.1 Å². The van der Waals surface area contributed by atoms with E-state index in [9.17, 15) is 0 Å². The molecule has 1 spiro atoms.